The van der Waals surface area contributed by atoms with E-state index < -0.39 is 0 Å². The van der Waals surface area contributed by atoms with Gasteiger partial charge in [0.25, 0.3) is 5.19 Å². The zero-order chi connectivity index (χ0) is 9.10. The third kappa shape index (κ3) is 2.97. The van der Waals surface area contributed by atoms with Gasteiger partial charge in [-0.2, -0.15) is 0 Å². The summed E-state index contributed by atoms with van der Waals surface area (Å²) in [5.41, 5.74) is 5.41. The SMILES string of the molecule is Cl.Nc1nnc(OC[C@H]2CCNC2)s1. The van der Waals surface area contributed by atoms with Crippen LogP contribution in [0.2, 0.25) is 0 Å². The highest BCUT2D eigenvalue weighted by Gasteiger charge is 2.15. The van der Waals surface area contributed by atoms with Crippen molar-refractivity contribution >= 4 is 28.9 Å². The van der Waals surface area contributed by atoms with Crippen LogP contribution in [0.15, 0.2) is 0 Å². The molecule has 80 valence electrons. The first-order valence-corrected chi connectivity index (χ1v) is 5.09. The summed E-state index contributed by atoms with van der Waals surface area (Å²) in [6.07, 6.45) is 1.17. The Morgan fingerprint density at radius 1 is 1.57 bits per heavy atom. The molecule has 1 saturated heterocycles. The summed E-state index contributed by atoms with van der Waals surface area (Å²) >= 11 is 1.28. The number of rotatable bonds is 3. The largest absolute Gasteiger partial charge is 0.469 e. The molecule has 1 aliphatic rings. The van der Waals surface area contributed by atoms with Gasteiger partial charge < -0.3 is 15.8 Å². The second-order valence-electron chi connectivity index (χ2n) is 3.08. The van der Waals surface area contributed by atoms with Crippen molar-refractivity contribution in [2.45, 2.75) is 6.42 Å². The molecule has 0 amide bonds. The van der Waals surface area contributed by atoms with Gasteiger partial charge in [0.1, 0.15) is 0 Å². The first-order chi connectivity index (χ1) is 6.34. The van der Waals surface area contributed by atoms with Crippen molar-refractivity contribution in [1.29, 1.82) is 0 Å². The van der Waals surface area contributed by atoms with Crippen LogP contribution in [0, 0.1) is 5.92 Å². The maximum atomic E-state index is 5.44. The van der Waals surface area contributed by atoms with Crippen molar-refractivity contribution in [2.24, 2.45) is 5.92 Å². The van der Waals surface area contributed by atoms with E-state index in [0.29, 0.717) is 22.9 Å². The Labute approximate surface area is 92.5 Å². The molecule has 0 aromatic carbocycles. The zero-order valence-electron chi connectivity index (χ0n) is 7.60. The summed E-state index contributed by atoms with van der Waals surface area (Å²) in [6.45, 7) is 2.84. The predicted molar refractivity (Wildman–Crippen MR) is 58.0 cm³/mol. The van der Waals surface area contributed by atoms with E-state index in [1.54, 1.807) is 0 Å². The van der Waals surface area contributed by atoms with E-state index in [9.17, 15) is 0 Å². The van der Waals surface area contributed by atoms with Crippen molar-refractivity contribution in [1.82, 2.24) is 15.5 Å². The van der Waals surface area contributed by atoms with Crippen molar-refractivity contribution in [2.75, 3.05) is 25.4 Å². The summed E-state index contributed by atoms with van der Waals surface area (Å²) < 4.78 is 5.44. The Bertz CT molecular complexity index is 276. The molecule has 7 heteroatoms. The zero-order valence-corrected chi connectivity index (χ0v) is 9.24. The van der Waals surface area contributed by atoms with E-state index in [-0.39, 0.29) is 12.4 Å². The van der Waals surface area contributed by atoms with Crippen LogP contribution in [0.3, 0.4) is 0 Å². The summed E-state index contributed by atoms with van der Waals surface area (Å²) in [7, 11) is 0. The molecule has 0 spiro atoms. The molecule has 1 aromatic rings. The van der Waals surface area contributed by atoms with E-state index in [1.807, 2.05) is 0 Å². The number of hydrogen-bond acceptors (Lipinski definition) is 6. The van der Waals surface area contributed by atoms with Gasteiger partial charge in [-0.1, -0.05) is 5.10 Å². The average molecular weight is 237 g/mol. The van der Waals surface area contributed by atoms with E-state index in [2.05, 4.69) is 15.5 Å². The van der Waals surface area contributed by atoms with Gasteiger partial charge in [0.05, 0.1) is 6.61 Å². The topological polar surface area (TPSA) is 73.1 Å². The standard InChI is InChI=1S/C7H12N4OS.ClH/c8-6-10-11-7(13-6)12-4-5-1-2-9-3-5;/h5,9H,1-4H2,(H2,8,10);1H/t5-;/m0./s1. The highest BCUT2D eigenvalue weighted by molar-refractivity contribution is 7.16. The van der Waals surface area contributed by atoms with Gasteiger partial charge in [-0.15, -0.1) is 17.5 Å². The number of ether oxygens (including phenoxy) is 1. The minimum absolute atomic E-state index is 0. The number of hydrogen-bond donors (Lipinski definition) is 2. The molecule has 0 radical (unpaired) electrons. The molecule has 2 rings (SSSR count). The lowest BCUT2D eigenvalue weighted by atomic mass is 10.1. The Kier molecular flexibility index (Phi) is 4.37. The molecular weight excluding hydrogens is 224 g/mol. The molecule has 3 N–H and O–H groups in total. The minimum Gasteiger partial charge on any atom is -0.469 e. The molecule has 0 bridgehead atoms. The van der Waals surface area contributed by atoms with Crippen LogP contribution in [0.5, 0.6) is 5.19 Å². The lowest BCUT2D eigenvalue weighted by molar-refractivity contribution is 0.257. The number of nitrogens with zero attached hydrogens (tertiary/aromatic N) is 2. The summed E-state index contributed by atoms with van der Waals surface area (Å²) in [5.74, 6) is 0.602. The molecule has 5 nitrogen and oxygen atoms in total. The van der Waals surface area contributed by atoms with Crippen LogP contribution >= 0.6 is 23.7 Å². The Morgan fingerprint density at radius 2 is 2.43 bits per heavy atom. The second kappa shape index (κ2) is 5.33. The number of anilines is 1. The number of nitrogens with one attached hydrogen (secondary N) is 1. The average Bonchev–Trinajstić information content (AvgIpc) is 2.71. The predicted octanol–water partition coefficient (Wildman–Crippen LogP) is 0.530. The van der Waals surface area contributed by atoms with E-state index in [1.165, 1.54) is 17.8 Å². The van der Waals surface area contributed by atoms with Gasteiger partial charge in [0, 0.05) is 12.5 Å². The van der Waals surface area contributed by atoms with Gasteiger partial charge in [0.2, 0.25) is 5.13 Å². The van der Waals surface area contributed by atoms with Crippen LogP contribution < -0.4 is 15.8 Å². The lowest BCUT2D eigenvalue weighted by Gasteiger charge is -2.06. The highest BCUT2D eigenvalue weighted by Crippen LogP contribution is 2.20. The molecule has 14 heavy (non-hydrogen) atoms. The molecule has 1 aliphatic heterocycles. The lowest BCUT2D eigenvalue weighted by Crippen LogP contribution is -2.15. The Hall–Kier alpha value is -0.590. The van der Waals surface area contributed by atoms with Crippen LogP contribution in [0.25, 0.3) is 0 Å². The van der Waals surface area contributed by atoms with E-state index in [0.717, 1.165) is 13.1 Å². The van der Waals surface area contributed by atoms with Gasteiger partial charge in [-0.25, -0.2) is 0 Å². The first-order valence-electron chi connectivity index (χ1n) is 4.27. The van der Waals surface area contributed by atoms with E-state index in [4.69, 9.17) is 10.5 Å². The number of nitrogen functional groups attached to an aromatic ring is 1. The maximum absolute atomic E-state index is 5.44. The van der Waals surface area contributed by atoms with Crippen molar-refractivity contribution < 1.29 is 4.74 Å². The fraction of sp³-hybridized carbons (Fsp3) is 0.714. The van der Waals surface area contributed by atoms with Gasteiger partial charge >= 0.3 is 0 Å². The third-order valence-electron chi connectivity index (χ3n) is 2.03. The maximum Gasteiger partial charge on any atom is 0.295 e. The summed E-state index contributed by atoms with van der Waals surface area (Å²) in [5, 5.41) is 11.8. The van der Waals surface area contributed by atoms with Crippen LogP contribution in [0.4, 0.5) is 5.13 Å². The van der Waals surface area contributed by atoms with Crippen LogP contribution in [-0.2, 0) is 0 Å². The van der Waals surface area contributed by atoms with Crippen molar-refractivity contribution in [3.8, 4) is 5.19 Å². The summed E-state index contributed by atoms with van der Waals surface area (Å²) in [6, 6.07) is 0. The first kappa shape index (κ1) is 11.5. The third-order valence-corrected chi connectivity index (χ3v) is 2.69. The van der Waals surface area contributed by atoms with Crippen LogP contribution in [0.1, 0.15) is 6.42 Å². The number of nitrogens with two attached hydrogens (primary N) is 1. The molecule has 0 unspecified atom stereocenters. The van der Waals surface area contributed by atoms with Gasteiger partial charge in [-0.3, -0.25) is 0 Å². The Morgan fingerprint density at radius 3 is 3.00 bits per heavy atom. The number of halogens is 1. The minimum atomic E-state index is 0. The molecular formula is C7H13ClN4OS. The molecule has 2 heterocycles. The van der Waals surface area contributed by atoms with Gasteiger partial charge in [0.15, 0.2) is 0 Å². The normalized spacial score (nSPS) is 20.4. The van der Waals surface area contributed by atoms with Crippen molar-refractivity contribution in [3.05, 3.63) is 0 Å². The highest BCUT2D eigenvalue weighted by atomic mass is 35.5. The molecule has 1 atom stereocenters. The second-order valence-corrected chi connectivity index (χ2v) is 4.05. The van der Waals surface area contributed by atoms with Crippen LogP contribution in [-0.4, -0.2) is 29.9 Å². The molecule has 0 saturated carbocycles. The van der Waals surface area contributed by atoms with E-state index >= 15 is 0 Å². The smallest absolute Gasteiger partial charge is 0.295 e. The number of aromatic nitrogens is 2. The fourth-order valence-electron chi connectivity index (χ4n) is 1.32. The monoisotopic (exact) mass is 236 g/mol. The van der Waals surface area contributed by atoms with Crippen molar-refractivity contribution in [3.63, 3.8) is 0 Å². The summed E-state index contributed by atoms with van der Waals surface area (Å²) in [4.78, 5) is 0. The van der Waals surface area contributed by atoms with Gasteiger partial charge in [-0.05, 0) is 24.3 Å². The molecule has 0 aliphatic carbocycles. The quantitative estimate of drug-likeness (QED) is 0.801. The fourth-order valence-corrected chi connectivity index (χ4v) is 1.79. The molecule has 1 aromatic heterocycles. The molecule has 1 fully saturated rings. The Balaban J connectivity index is 0.000000980.